The summed E-state index contributed by atoms with van der Waals surface area (Å²) in [5.41, 5.74) is 3.62. The number of benzene rings is 3. The van der Waals surface area contributed by atoms with Gasteiger partial charge in [0, 0.05) is 0 Å². The number of aromatic nitrogens is 1. The van der Waals surface area contributed by atoms with E-state index in [1.165, 1.54) is 0 Å². The van der Waals surface area contributed by atoms with Gasteiger partial charge in [0.05, 0.1) is 0 Å². The van der Waals surface area contributed by atoms with Crippen LogP contribution in [0.4, 0.5) is 0 Å². The second-order valence-corrected chi connectivity index (χ2v) is 20.4. The van der Waals surface area contributed by atoms with Gasteiger partial charge >= 0.3 is 276 Å². The molecule has 1 saturated heterocycles. The first-order valence-electron chi connectivity index (χ1n) is 15.3. The van der Waals surface area contributed by atoms with Crippen LogP contribution in [0.3, 0.4) is 0 Å². The Hall–Kier alpha value is -2.60. The second-order valence-electron chi connectivity index (χ2n) is 11.9. The van der Waals surface area contributed by atoms with Gasteiger partial charge in [0.15, 0.2) is 0 Å². The number of hydrogen-bond donors (Lipinski definition) is 0. The van der Waals surface area contributed by atoms with Crippen molar-refractivity contribution in [1.82, 2.24) is 4.98 Å². The minimum absolute atomic E-state index is 0.114. The minimum atomic E-state index is -1.19. The van der Waals surface area contributed by atoms with E-state index in [-0.39, 0.29) is 9.40 Å². The molecule has 236 valence electrons. The van der Waals surface area contributed by atoms with Crippen LogP contribution in [-0.4, -0.2) is 63.6 Å². The standard InChI is InChI=1S/C32H32NO6S.C4H9.Sn/c1-2-36-32(34)26-22-40-31(33-26)30-29(38-20-25-16-10-5-11-17-25)28(37-19-24-14-8-4-9-15-24)27(39-30)21-35-18-23-12-6-3-7-13-23;1-4(2)3;/h3-17,27-30H,2,18-21H2,1H3;1-3H3;/t27-,28-,29-,30-;;/m1../s1. The number of rotatable bonds is 14. The van der Waals surface area contributed by atoms with E-state index < -0.39 is 45.6 Å². The Kier molecular flexibility index (Phi) is 12.2. The molecule has 1 fully saturated rings. The Labute approximate surface area is 280 Å². The van der Waals surface area contributed by atoms with E-state index in [4.69, 9.17) is 28.7 Å². The van der Waals surface area contributed by atoms with Crippen molar-refractivity contribution in [3.05, 3.63) is 118 Å². The molecule has 0 N–H and O–H groups in total. The van der Waals surface area contributed by atoms with Crippen molar-refractivity contribution in [1.29, 1.82) is 0 Å². The molecule has 4 aromatic rings. The van der Waals surface area contributed by atoms with Crippen LogP contribution in [-0.2, 0) is 43.5 Å². The van der Waals surface area contributed by atoms with Crippen LogP contribution in [0.25, 0.3) is 0 Å². The number of ether oxygens (including phenoxy) is 5. The SMILES string of the molecule is CCOC(=O)c1nc([C@@H]2O[C@H](COCc3ccccc3)[C@@H](OCc3ccccc3)[C@H]2OCc2ccccc2)s[c]1[Sn][C](C)(C)C. The zero-order chi connectivity index (χ0) is 31.6. The predicted octanol–water partition coefficient (Wildman–Crippen LogP) is 6.70. The summed E-state index contributed by atoms with van der Waals surface area (Å²) in [6.07, 6.45) is -1.86. The van der Waals surface area contributed by atoms with Gasteiger partial charge in [-0.05, 0) is 0 Å². The molecule has 4 atom stereocenters. The van der Waals surface area contributed by atoms with E-state index in [0.717, 1.165) is 24.6 Å². The van der Waals surface area contributed by atoms with E-state index >= 15 is 0 Å². The van der Waals surface area contributed by atoms with Crippen LogP contribution in [0.5, 0.6) is 0 Å². The van der Waals surface area contributed by atoms with Crippen molar-refractivity contribution in [2.75, 3.05) is 13.2 Å². The van der Waals surface area contributed by atoms with Gasteiger partial charge in [0.25, 0.3) is 0 Å². The van der Waals surface area contributed by atoms with E-state index in [1.807, 2.05) is 97.9 Å². The zero-order valence-corrected chi connectivity index (χ0v) is 30.0. The van der Waals surface area contributed by atoms with Crippen molar-refractivity contribution in [2.24, 2.45) is 0 Å². The Bertz CT molecular complexity index is 1480. The maximum atomic E-state index is 13.1. The maximum absolute atomic E-state index is 13.1. The molecular weight excluding hydrogens is 693 g/mol. The molecule has 2 radical (unpaired) electrons. The topological polar surface area (TPSA) is 76.1 Å². The first-order chi connectivity index (χ1) is 21.8. The normalized spacial score (nSPS) is 19.9. The Morgan fingerprint density at radius 2 is 1.36 bits per heavy atom. The molecule has 0 unspecified atom stereocenters. The summed E-state index contributed by atoms with van der Waals surface area (Å²) in [6.45, 7) is 10.3. The average molecular weight is 735 g/mol. The first-order valence-corrected chi connectivity index (χ1v) is 19.0. The third kappa shape index (κ3) is 9.70. The third-order valence-electron chi connectivity index (χ3n) is 7.12. The fourth-order valence-corrected chi connectivity index (χ4v) is 12.1. The molecule has 9 heteroatoms. The summed E-state index contributed by atoms with van der Waals surface area (Å²) < 4.78 is 32.9. The molecule has 0 saturated carbocycles. The second kappa shape index (κ2) is 16.3. The number of nitrogens with zero attached hydrogens (tertiary/aromatic N) is 1. The van der Waals surface area contributed by atoms with Gasteiger partial charge in [0.1, 0.15) is 0 Å². The molecule has 0 amide bonds. The molecule has 2 heterocycles. The van der Waals surface area contributed by atoms with Crippen LogP contribution in [0, 0.1) is 0 Å². The van der Waals surface area contributed by atoms with Gasteiger partial charge in [-0.15, -0.1) is 0 Å². The van der Waals surface area contributed by atoms with Gasteiger partial charge in [-0.3, -0.25) is 0 Å². The monoisotopic (exact) mass is 735 g/mol. The average Bonchev–Trinajstić information content (AvgIpc) is 3.60. The van der Waals surface area contributed by atoms with Crippen LogP contribution in [0.1, 0.15) is 66.0 Å². The fraction of sp³-hybridized carbons (Fsp3) is 0.389. The predicted molar refractivity (Wildman–Crippen MR) is 177 cm³/mol. The van der Waals surface area contributed by atoms with Crippen molar-refractivity contribution < 1.29 is 28.5 Å². The molecule has 7 nitrogen and oxygen atoms in total. The van der Waals surface area contributed by atoms with E-state index in [0.29, 0.717) is 38.7 Å². The van der Waals surface area contributed by atoms with Gasteiger partial charge < -0.3 is 0 Å². The number of carbonyl (C=O) groups excluding carboxylic acids is 1. The molecule has 0 aliphatic carbocycles. The molecular formula is C36H41NO6SSn. The molecule has 1 aromatic heterocycles. The van der Waals surface area contributed by atoms with E-state index in [1.54, 1.807) is 11.3 Å². The molecule has 5 rings (SSSR count). The third-order valence-corrected chi connectivity index (χ3v) is 13.1. The Morgan fingerprint density at radius 1 is 0.822 bits per heavy atom. The van der Waals surface area contributed by atoms with Crippen molar-refractivity contribution >= 4 is 41.3 Å². The molecule has 3 aromatic carbocycles. The number of carbonyl (C=O) groups is 1. The number of esters is 1. The fourth-order valence-electron chi connectivity index (χ4n) is 5.07. The summed E-state index contributed by atoms with van der Waals surface area (Å²) in [5, 5.41) is 0.718. The summed E-state index contributed by atoms with van der Waals surface area (Å²) in [4.78, 5) is 18.0. The summed E-state index contributed by atoms with van der Waals surface area (Å²) >= 11 is 0.373. The molecule has 0 bridgehead atoms. The van der Waals surface area contributed by atoms with Gasteiger partial charge in [-0.25, -0.2) is 0 Å². The molecule has 45 heavy (non-hydrogen) atoms. The van der Waals surface area contributed by atoms with Crippen molar-refractivity contribution in [3.63, 3.8) is 0 Å². The number of hydrogen-bond acceptors (Lipinski definition) is 8. The summed E-state index contributed by atoms with van der Waals surface area (Å²) in [6, 6.07) is 30.3. The summed E-state index contributed by atoms with van der Waals surface area (Å²) in [7, 11) is 0. The quantitative estimate of drug-likeness (QED) is 0.106. The van der Waals surface area contributed by atoms with Crippen LogP contribution in [0.15, 0.2) is 91.0 Å². The van der Waals surface area contributed by atoms with E-state index in [9.17, 15) is 4.79 Å². The van der Waals surface area contributed by atoms with Crippen LogP contribution < -0.4 is 2.89 Å². The molecule has 1 aliphatic heterocycles. The molecule has 0 spiro atoms. The number of thiazole rings is 1. The van der Waals surface area contributed by atoms with Gasteiger partial charge in [0.2, 0.25) is 0 Å². The van der Waals surface area contributed by atoms with Crippen molar-refractivity contribution in [2.45, 2.75) is 75.4 Å². The van der Waals surface area contributed by atoms with Crippen LogP contribution in [0.2, 0.25) is 3.43 Å². The molecule has 1 aliphatic rings. The van der Waals surface area contributed by atoms with Crippen LogP contribution >= 0.6 is 11.3 Å². The zero-order valence-electron chi connectivity index (χ0n) is 26.3. The Morgan fingerprint density at radius 3 is 1.89 bits per heavy atom. The summed E-state index contributed by atoms with van der Waals surface area (Å²) in [5.74, 6) is -0.375. The first kappa shape index (κ1) is 33.8. The van der Waals surface area contributed by atoms with Crippen molar-refractivity contribution in [3.8, 4) is 0 Å². The van der Waals surface area contributed by atoms with Gasteiger partial charge in [-0.1, -0.05) is 6.07 Å². The van der Waals surface area contributed by atoms with E-state index in [2.05, 4.69) is 20.8 Å². The van der Waals surface area contributed by atoms with Gasteiger partial charge in [-0.2, -0.15) is 0 Å². The Balaban J connectivity index is 1.46.